The lowest BCUT2D eigenvalue weighted by Gasteiger charge is -2.04. The van der Waals surface area contributed by atoms with E-state index in [1.165, 1.54) is 25.7 Å². The van der Waals surface area contributed by atoms with E-state index in [0.717, 1.165) is 24.1 Å². The van der Waals surface area contributed by atoms with Gasteiger partial charge in [0.2, 0.25) is 11.8 Å². The van der Waals surface area contributed by atoms with E-state index in [0.29, 0.717) is 11.8 Å². The van der Waals surface area contributed by atoms with Crippen LogP contribution in [0.4, 0.5) is 0 Å². The maximum atomic E-state index is 5.88. The first kappa shape index (κ1) is 10.3. The second-order valence-corrected chi connectivity index (χ2v) is 5.13. The predicted octanol–water partition coefficient (Wildman–Crippen LogP) is 2.38. The zero-order chi connectivity index (χ0) is 11.1. The molecule has 2 saturated carbocycles. The summed E-state index contributed by atoms with van der Waals surface area (Å²) in [7, 11) is 0. The van der Waals surface area contributed by atoms with E-state index in [1.54, 1.807) is 0 Å². The lowest BCUT2D eigenvalue weighted by molar-refractivity contribution is 0.407. The third-order valence-corrected chi connectivity index (χ3v) is 4.15. The molecule has 2 N–H and O–H groups in total. The summed E-state index contributed by atoms with van der Waals surface area (Å²) in [5.74, 6) is 3.64. The van der Waals surface area contributed by atoms with Crippen molar-refractivity contribution in [2.45, 2.75) is 51.0 Å². The van der Waals surface area contributed by atoms with Gasteiger partial charge < -0.3 is 10.2 Å². The summed E-state index contributed by atoms with van der Waals surface area (Å²) in [6.45, 7) is 2.03. The molecule has 3 unspecified atom stereocenters. The van der Waals surface area contributed by atoms with Crippen molar-refractivity contribution in [1.82, 2.24) is 10.2 Å². The van der Waals surface area contributed by atoms with Gasteiger partial charge in [-0.1, -0.05) is 19.8 Å². The highest BCUT2D eigenvalue weighted by molar-refractivity contribution is 5.14. The molecule has 0 bridgehead atoms. The minimum atomic E-state index is -0.0953. The van der Waals surface area contributed by atoms with Gasteiger partial charge in [-0.25, -0.2) is 0 Å². The quantitative estimate of drug-likeness (QED) is 0.851. The first-order valence-corrected chi connectivity index (χ1v) is 6.40. The molecule has 2 aliphatic carbocycles. The van der Waals surface area contributed by atoms with E-state index in [2.05, 4.69) is 10.2 Å². The standard InChI is InChI=1S/C12H19N3O/c1-2-9(13)11-14-15-12(16-11)10-7-5-3-4-6-8(7)10/h7-10H,2-6,13H2,1H3. The number of rotatable bonds is 3. The van der Waals surface area contributed by atoms with Crippen LogP contribution in [-0.4, -0.2) is 10.2 Å². The highest BCUT2D eigenvalue weighted by Crippen LogP contribution is 2.60. The normalized spacial score (nSPS) is 34.5. The third-order valence-electron chi connectivity index (χ3n) is 4.15. The van der Waals surface area contributed by atoms with Crippen molar-refractivity contribution in [2.75, 3.05) is 0 Å². The van der Waals surface area contributed by atoms with E-state index in [9.17, 15) is 0 Å². The largest absolute Gasteiger partial charge is 0.423 e. The fourth-order valence-electron chi connectivity index (χ4n) is 3.06. The van der Waals surface area contributed by atoms with Crippen molar-refractivity contribution in [3.05, 3.63) is 11.8 Å². The van der Waals surface area contributed by atoms with Gasteiger partial charge in [0.05, 0.1) is 6.04 Å². The summed E-state index contributed by atoms with van der Waals surface area (Å²) in [6.07, 6.45) is 6.26. The maximum absolute atomic E-state index is 5.88. The summed E-state index contributed by atoms with van der Waals surface area (Å²) < 4.78 is 5.70. The molecule has 0 spiro atoms. The topological polar surface area (TPSA) is 64.9 Å². The average molecular weight is 221 g/mol. The second kappa shape index (κ2) is 3.84. The van der Waals surface area contributed by atoms with Gasteiger partial charge in [0, 0.05) is 5.92 Å². The molecule has 88 valence electrons. The molecular formula is C12H19N3O. The van der Waals surface area contributed by atoms with Gasteiger partial charge in [0.25, 0.3) is 0 Å². The van der Waals surface area contributed by atoms with Crippen LogP contribution >= 0.6 is 0 Å². The molecule has 1 heterocycles. The highest BCUT2D eigenvalue weighted by Gasteiger charge is 2.54. The van der Waals surface area contributed by atoms with Gasteiger partial charge in [0.1, 0.15) is 0 Å². The zero-order valence-electron chi connectivity index (χ0n) is 9.72. The van der Waals surface area contributed by atoms with Crippen LogP contribution in [0.3, 0.4) is 0 Å². The first-order chi connectivity index (χ1) is 7.81. The van der Waals surface area contributed by atoms with Crippen molar-refractivity contribution >= 4 is 0 Å². The Kier molecular flexibility index (Phi) is 2.46. The number of aromatic nitrogens is 2. The van der Waals surface area contributed by atoms with Crippen molar-refractivity contribution in [3.63, 3.8) is 0 Å². The van der Waals surface area contributed by atoms with Crippen LogP contribution < -0.4 is 5.73 Å². The van der Waals surface area contributed by atoms with Crippen molar-refractivity contribution in [3.8, 4) is 0 Å². The van der Waals surface area contributed by atoms with E-state index < -0.39 is 0 Å². The summed E-state index contributed by atoms with van der Waals surface area (Å²) in [4.78, 5) is 0. The van der Waals surface area contributed by atoms with Gasteiger partial charge in [-0.3, -0.25) is 0 Å². The number of fused-ring (bicyclic) bond motifs is 1. The van der Waals surface area contributed by atoms with Crippen LogP contribution in [0, 0.1) is 11.8 Å². The Morgan fingerprint density at radius 3 is 2.62 bits per heavy atom. The maximum Gasteiger partial charge on any atom is 0.233 e. The summed E-state index contributed by atoms with van der Waals surface area (Å²) in [5.41, 5.74) is 5.88. The van der Waals surface area contributed by atoms with Crippen LogP contribution in [0.2, 0.25) is 0 Å². The molecule has 0 saturated heterocycles. The van der Waals surface area contributed by atoms with Crippen molar-refractivity contribution < 1.29 is 4.42 Å². The Morgan fingerprint density at radius 2 is 2.00 bits per heavy atom. The fourth-order valence-corrected chi connectivity index (χ4v) is 3.06. The van der Waals surface area contributed by atoms with E-state index in [1.807, 2.05) is 6.92 Å². The van der Waals surface area contributed by atoms with Crippen molar-refractivity contribution in [2.24, 2.45) is 17.6 Å². The lowest BCUT2D eigenvalue weighted by Crippen LogP contribution is -2.08. The third kappa shape index (κ3) is 1.56. The first-order valence-electron chi connectivity index (χ1n) is 6.40. The van der Waals surface area contributed by atoms with Crippen molar-refractivity contribution in [1.29, 1.82) is 0 Å². The zero-order valence-corrected chi connectivity index (χ0v) is 9.72. The summed E-state index contributed by atoms with van der Waals surface area (Å²) in [6, 6.07) is -0.0953. The SMILES string of the molecule is CCC(N)c1nnc(C2C3CCCCC32)o1. The fraction of sp³-hybridized carbons (Fsp3) is 0.833. The molecule has 4 heteroatoms. The Hall–Kier alpha value is -0.900. The molecule has 0 aliphatic heterocycles. The molecule has 2 aliphatic rings. The van der Waals surface area contributed by atoms with Crippen LogP contribution in [0.15, 0.2) is 4.42 Å². The van der Waals surface area contributed by atoms with Crippen LogP contribution in [0.1, 0.15) is 62.8 Å². The van der Waals surface area contributed by atoms with E-state index in [4.69, 9.17) is 10.2 Å². The smallest absolute Gasteiger partial charge is 0.233 e. The molecule has 1 aromatic rings. The minimum absolute atomic E-state index is 0.0953. The van der Waals surface area contributed by atoms with Crippen LogP contribution in [0.5, 0.6) is 0 Å². The summed E-state index contributed by atoms with van der Waals surface area (Å²) in [5, 5.41) is 8.24. The van der Waals surface area contributed by atoms with Gasteiger partial charge in [-0.15, -0.1) is 10.2 Å². The molecule has 0 aromatic carbocycles. The molecule has 0 radical (unpaired) electrons. The molecule has 4 nitrogen and oxygen atoms in total. The second-order valence-electron chi connectivity index (χ2n) is 5.13. The van der Waals surface area contributed by atoms with Crippen LogP contribution in [-0.2, 0) is 0 Å². The van der Waals surface area contributed by atoms with Gasteiger partial charge in [-0.05, 0) is 31.1 Å². The monoisotopic (exact) mass is 221 g/mol. The van der Waals surface area contributed by atoms with Gasteiger partial charge in [0.15, 0.2) is 0 Å². The highest BCUT2D eigenvalue weighted by atomic mass is 16.4. The van der Waals surface area contributed by atoms with E-state index >= 15 is 0 Å². The van der Waals surface area contributed by atoms with Crippen LogP contribution in [0.25, 0.3) is 0 Å². The number of nitrogens with two attached hydrogens (primary N) is 1. The molecule has 3 atom stereocenters. The molecular weight excluding hydrogens is 202 g/mol. The number of nitrogens with zero attached hydrogens (tertiary/aromatic N) is 2. The van der Waals surface area contributed by atoms with Gasteiger partial charge in [-0.2, -0.15) is 0 Å². The molecule has 0 amide bonds. The predicted molar refractivity (Wildman–Crippen MR) is 59.7 cm³/mol. The number of hydrogen-bond acceptors (Lipinski definition) is 4. The number of hydrogen-bond donors (Lipinski definition) is 1. The molecule has 2 fully saturated rings. The average Bonchev–Trinajstić information content (AvgIpc) is 2.86. The molecule has 3 rings (SSSR count). The molecule has 16 heavy (non-hydrogen) atoms. The Balaban J connectivity index is 1.74. The molecule has 1 aromatic heterocycles. The Morgan fingerprint density at radius 1 is 1.31 bits per heavy atom. The Bertz CT molecular complexity index is 364. The Labute approximate surface area is 95.6 Å². The van der Waals surface area contributed by atoms with Gasteiger partial charge >= 0.3 is 0 Å². The van der Waals surface area contributed by atoms with E-state index in [-0.39, 0.29) is 6.04 Å². The lowest BCUT2D eigenvalue weighted by atomic mass is 10.0. The minimum Gasteiger partial charge on any atom is -0.423 e. The summed E-state index contributed by atoms with van der Waals surface area (Å²) >= 11 is 0.